The lowest BCUT2D eigenvalue weighted by Gasteiger charge is -1.88. The summed E-state index contributed by atoms with van der Waals surface area (Å²) in [7, 11) is 0. The molecule has 0 saturated heterocycles. The summed E-state index contributed by atoms with van der Waals surface area (Å²) in [5, 5.41) is 0.952. The number of halogens is 1. The predicted octanol–water partition coefficient (Wildman–Crippen LogP) is 4.25. The van der Waals surface area contributed by atoms with Crippen molar-refractivity contribution >= 4 is 15.9 Å². The minimum absolute atomic E-state index is 0.938. The van der Waals surface area contributed by atoms with Crippen LogP contribution in [0.1, 0.15) is 11.1 Å². The third kappa shape index (κ3) is 4.82. The molecule has 0 aromatic heterocycles. The lowest BCUT2D eigenvalue weighted by molar-refractivity contribution is 1.44. The summed E-state index contributed by atoms with van der Waals surface area (Å²) in [6.07, 6.45) is 5.10. The maximum atomic E-state index is 5.10. The summed E-state index contributed by atoms with van der Waals surface area (Å²) in [4.78, 5) is 0. The van der Waals surface area contributed by atoms with Crippen molar-refractivity contribution in [3.05, 3.63) is 71.8 Å². The lowest BCUT2D eigenvalue weighted by Crippen LogP contribution is -1.70. The zero-order chi connectivity index (χ0) is 11.6. The van der Waals surface area contributed by atoms with Crippen LogP contribution in [0.2, 0.25) is 0 Å². The molecular weight excluding hydrogens is 260 g/mol. The highest BCUT2D eigenvalue weighted by molar-refractivity contribution is 9.08. The van der Waals surface area contributed by atoms with Gasteiger partial charge in [-0.05, 0) is 17.7 Å². The summed E-state index contributed by atoms with van der Waals surface area (Å²) in [5.74, 6) is 2.53. The molecule has 0 aliphatic heterocycles. The largest absolute Gasteiger partial charge is 0.115 e. The van der Waals surface area contributed by atoms with Crippen LogP contribution in [-0.4, -0.2) is 0 Å². The molecule has 0 amide bonds. The van der Waals surface area contributed by atoms with Gasteiger partial charge in [0.1, 0.15) is 0 Å². The standard InChI is InChI=1S/C8H6.C7H7Br/c1-2-8-6-4-3-5-7-8;8-6-7-4-2-1-3-5-7/h1,3-7H;1-5H,6H2. The maximum Gasteiger partial charge on any atom is 0.0283 e. The molecule has 1 heteroatoms. The normalized spacial score (nSPS) is 8.50. The second-order valence-electron chi connectivity index (χ2n) is 3.13. The maximum absolute atomic E-state index is 5.10. The fourth-order valence-corrected chi connectivity index (χ4v) is 1.48. The summed E-state index contributed by atoms with van der Waals surface area (Å²) in [5.41, 5.74) is 2.26. The molecular formula is C15H13Br. The fraction of sp³-hybridized carbons (Fsp3) is 0.0667. The van der Waals surface area contributed by atoms with E-state index in [4.69, 9.17) is 6.42 Å². The van der Waals surface area contributed by atoms with E-state index >= 15 is 0 Å². The van der Waals surface area contributed by atoms with Gasteiger partial charge in [0.15, 0.2) is 0 Å². The Hall–Kier alpha value is -1.52. The van der Waals surface area contributed by atoms with E-state index in [1.807, 2.05) is 48.5 Å². The highest BCUT2D eigenvalue weighted by Gasteiger charge is 1.81. The minimum atomic E-state index is 0.938. The first-order valence-corrected chi connectivity index (χ1v) is 6.10. The topological polar surface area (TPSA) is 0 Å². The number of hydrogen-bond acceptors (Lipinski definition) is 0. The van der Waals surface area contributed by atoms with E-state index in [1.165, 1.54) is 5.56 Å². The zero-order valence-electron chi connectivity index (χ0n) is 8.94. The van der Waals surface area contributed by atoms with Crippen LogP contribution >= 0.6 is 15.9 Å². The van der Waals surface area contributed by atoms with Crippen LogP contribution in [0.25, 0.3) is 0 Å². The Morgan fingerprint density at radius 1 is 0.875 bits per heavy atom. The van der Waals surface area contributed by atoms with Crippen molar-refractivity contribution in [1.29, 1.82) is 0 Å². The number of hydrogen-bond donors (Lipinski definition) is 0. The van der Waals surface area contributed by atoms with E-state index in [0.29, 0.717) is 0 Å². The molecule has 0 bridgehead atoms. The molecule has 2 aromatic rings. The molecule has 0 spiro atoms. The molecule has 0 saturated carbocycles. The molecule has 2 rings (SSSR count). The van der Waals surface area contributed by atoms with Gasteiger partial charge >= 0.3 is 0 Å². The van der Waals surface area contributed by atoms with Gasteiger partial charge in [0.2, 0.25) is 0 Å². The van der Waals surface area contributed by atoms with Crippen molar-refractivity contribution < 1.29 is 0 Å². The highest BCUT2D eigenvalue weighted by atomic mass is 79.9. The van der Waals surface area contributed by atoms with Crippen molar-refractivity contribution in [2.75, 3.05) is 0 Å². The summed E-state index contributed by atoms with van der Waals surface area (Å²) in [6, 6.07) is 19.9. The SMILES string of the molecule is BrCc1ccccc1.C#Cc1ccccc1. The highest BCUT2D eigenvalue weighted by Crippen LogP contribution is 2.02. The first-order valence-electron chi connectivity index (χ1n) is 4.98. The summed E-state index contributed by atoms with van der Waals surface area (Å²) in [6.45, 7) is 0. The van der Waals surface area contributed by atoms with Gasteiger partial charge in [-0.15, -0.1) is 6.42 Å². The first kappa shape index (κ1) is 12.5. The van der Waals surface area contributed by atoms with Crippen molar-refractivity contribution in [1.82, 2.24) is 0 Å². The zero-order valence-corrected chi connectivity index (χ0v) is 10.5. The van der Waals surface area contributed by atoms with Gasteiger partial charge in [0.25, 0.3) is 0 Å². The van der Waals surface area contributed by atoms with Crippen LogP contribution in [0.15, 0.2) is 60.7 Å². The van der Waals surface area contributed by atoms with Crippen molar-refractivity contribution in [2.45, 2.75) is 5.33 Å². The molecule has 0 nitrogen and oxygen atoms in total. The Bertz CT molecular complexity index is 426. The molecule has 0 atom stereocenters. The number of rotatable bonds is 1. The van der Waals surface area contributed by atoms with Gasteiger partial charge in [-0.3, -0.25) is 0 Å². The quantitative estimate of drug-likeness (QED) is 0.538. The van der Waals surface area contributed by atoms with Crippen LogP contribution in [0.4, 0.5) is 0 Å². The Kier molecular flexibility index (Phi) is 6.06. The molecule has 0 heterocycles. The number of terminal acetylenes is 1. The number of benzene rings is 2. The molecule has 0 unspecified atom stereocenters. The Morgan fingerprint density at radius 3 is 1.69 bits per heavy atom. The molecule has 0 aliphatic rings. The van der Waals surface area contributed by atoms with Crippen molar-refractivity contribution in [3.8, 4) is 12.3 Å². The fourth-order valence-electron chi connectivity index (χ4n) is 1.10. The van der Waals surface area contributed by atoms with Gasteiger partial charge in [0, 0.05) is 10.9 Å². The van der Waals surface area contributed by atoms with E-state index in [0.717, 1.165) is 10.9 Å². The van der Waals surface area contributed by atoms with E-state index in [9.17, 15) is 0 Å². The van der Waals surface area contributed by atoms with Crippen LogP contribution in [0.5, 0.6) is 0 Å². The van der Waals surface area contributed by atoms with Gasteiger partial charge in [-0.25, -0.2) is 0 Å². The second kappa shape index (κ2) is 7.73. The molecule has 16 heavy (non-hydrogen) atoms. The van der Waals surface area contributed by atoms with Crippen molar-refractivity contribution in [3.63, 3.8) is 0 Å². The molecule has 80 valence electrons. The summed E-state index contributed by atoms with van der Waals surface area (Å²) < 4.78 is 0. The summed E-state index contributed by atoms with van der Waals surface area (Å²) >= 11 is 3.36. The van der Waals surface area contributed by atoms with E-state index in [2.05, 4.69) is 34.0 Å². The van der Waals surface area contributed by atoms with Gasteiger partial charge in [0.05, 0.1) is 0 Å². The van der Waals surface area contributed by atoms with Crippen LogP contribution in [0.3, 0.4) is 0 Å². The van der Waals surface area contributed by atoms with E-state index < -0.39 is 0 Å². The third-order valence-electron chi connectivity index (χ3n) is 1.94. The van der Waals surface area contributed by atoms with Gasteiger partial charge < -0.3 is 0 Å². The van der Waals surface area contributed by atoms with Gasteiger partial charge in [-0.2, -0.15) is 0 Å². The molecule has 0 radical (unpaired) electrons. The van der Waals surface area contributed by atoms with Crippen LogP contribution < -0.4 is 0 Å². The Morgan fingerprint density at radius 2 is 1.38 bits per heavy atom. The Balaban J connectivity index is 0.000000160. The molecule has 0 aliphatic carbocycles. The molecule has 2 aromatic carbocycles. The average Bonchev–Trinajstić information content (AvgIpc) is 2.41. The first-order chi connectivity index (χ1) is 7.86. The monoisotopic (exact) mass is 272 g/mol. The van der Waals surface area contributed by atoms with Crippen LogP contribution in [0, 0.1) is 12.3 Å². The third-order valence-corrected chi connectivity index (χ3v) is 2.59. The van der Waals surface area contributed by atoms with E-state index in [1.54, 1.807) is 0 Å². The number of alkyl halides is 1. The second-order valence-corrected chi connectivity index (χ2v) is 3.69. The molecule has 0 N–H and O–H groups in total. The smallest absolute Gasteiger partial charge is 0.0283 e. The average molecular weight is 273 g/mol. The Labute approximate surface area is 105 Å². The molecule has 0 fully saturated rings. The van der Waals surface area contributed by atoms with Gasteiger partial charge in [-0.1, -0.05) is 70.4 Å². The minimum Gasteiger partial charge on any atom is -0.115 e. The van der Waals surface area contributed by atoms with E-state index in [-0.39, 0.29) is 0 Å². The van der Waals surface area contributed by atoms with Crippen LogP contribution in [-0.2, 0) is 5.33 Å². The lowest BCUT2D eigenvalue weighted by atomic mass is 10.2. The van der Waals surface area contributed by atoms with Crippen molar-refractivity contribution in [2.24, 2.45) is 0 Å². The predicted molar refractivity (Wildman–Crippen MR) is 73.5 cm³/mol.